The monoisotopic (exact) mass is 183 g/mol. The van der Waals surface area contributed by atoms with Crippen LogP contribution in [0.1, 0.15) is 12.8 Å². The van der Waals surface area contributed by atoms with Crippen molar-refractivity contribution in [3.8, 4) is 0 Å². The summed E-state index contributed by atoms with van der Waals surface area (Å²) in [6, 6.07) is 0. The van der Waals surface area contributed by atoms with Crippen LogP contribution in [0, 0.1) is 0 Å². The fraction of sp³-hybridized carbons (Fsp3) is 1.00. The van der Waals surface area contributed by atoms with Crippen LogP contribution in [0.25, 0.3) is 0 Å². The van der Waals surface area contributed by atoms with Crippen molar-refractivity contribution >= 4 is 10.0 Å². The predicted molar refractivity (Wildman–Crippen MR) is 37.0 cm³/mol. The second-order valence-corrected chi connectivity index (χ2v) is 4.21. The van der Waals surface area contributed by atoms with Crippen LogP contribution >= 0.6 is 0 Å². The van der Waals surface area contributed by atoms with Crippen LogP contribution < -0.4 is 5.14 Å². The molecule has 6 heteroatoms. The molecule has 0 aromatic carbocycles. The Kier molecular flexibility index (Phi) is 2.46. The van der Waals surface area contributed by atoms with Gasteiger partial charge in [0.1, 0.15) is 6.17 Å². The van der Waals surface area contributed by atoms with Crippen molar-refractivity contribution in [3.05, 3.63) is 0 Å². The Labute approximate surface area is 64.6 Å². The summed E-state index contributed by atoms with van der Waals surface area (Å²) in [5.41, 5.74) is -1.15. The number of alkyl halides is 1. The maximum atomic E-state index is 12.6. The van der Waals surface area contributed by atoms with Crippen LogP contribution in [0.15, 0.2) is 0 Å². The second-order valence-electron chi connectivity index (χ2n) is 2.51. The van der Waals surface area contributed by atoms with E-state index in [4.69, 9.17) is 9.88 Å². The van der Waals surface area contributed by atoms with Gasteiger partial charge in [-0.1, -0.05) is 0 Å². The van der Waals surface area contributed by atoms with Crippen molar-refractivity contribution in [1.29, 1.82) is 0 Å². The van der Waals surface area contributed by atoms with Crippen molar-refractivity contribution in [2.75, 3.05) is 6.61 Å². The minimum absolute atomic E-state index is 0.127. The van der Waals surface area contributed by atoms with Gasteiger partial charge in [0.25, 0.3) is 0 Å². The lowest BCUT2D eigenvalue weighted by Gasteiger charge is -2.22. The first-order chi connectivity index (χ1) is 5.00. The number of primary sulfonamides is 1. The van der Waals surface area contributed by atoms with E-state index < -0.39 is 21.6 Å². The van der Waals surface area contributed by atoms with E-state index in [1.807, 2.05) is 0 Å². The van der Waals surface area contributed by atoms with Crippen molar-refractivity contribution < 1.29 is 17.5 Å². The third kappa shape index (κ3) is 2.39. The molecule has 66 valence electrons. The normalized spacial score (nSPS) is 33.6. The first kappa shape index (κ1) is 8.89. The van der Waals surface area contributed by atoms with Crippen LogP contribution in [0.4, 0.5) is 4.39 Å². The van der Waals surface area contributed by atoms with Gasteiger partial charge in [0.05, 0.1) is 6.61 Å². The molecular weight excluding hydrogens is 173 g/mol. The van der Waals surface area contributed by atoms with Crippen molar-refractivity contribution in [1.82, 2.24) is 0 Å². The van der Waals surface area contributed by atoms with Crippen LogP contribution in [0.3, 0.4) is 0 Å². The minimum atomic E-state index is -3.72. The number of ether oxygens (including phenoxy) is 1. The summed E-state index contributed by atoms with van der Waals surface area (Å²) >= 11 is 0. The van der Waals surface area contributed by atoms with E-state index >= 15 is 0 Å². The van der Waals surface area contributed by atoms with Gasteiger partial charge in [-0.3, -0.25) is 0 Å². The standard InChI is InChI=1S/C5H10FNO3S/c6-4-1-2-10-5(3-4)11(7,8)9/h4-5H,1-3H2,(H2,7,8,9). The van der Waals surface area contributed by atoms with Gasteiger partial charge in [0.2, 0.25) is 10.0 Å². The predicted octanol–water partition coefficient (Wildman–Crippen LogP) is -0.250. The highest BCUT2D eigenvalue weighted by molar-refractivity contribution is 7.89. The molecule has 11 heavy (non-hydrogen) atoms. The largest absolute Gasteiger partial charge is 0.361 e. The fourth-order valence-electron chi connectivity index (χ4n) is 0.951. The molecule has 0 saturated carbocycles. The topological polar surface area (TPSA) is 69.4 Å². The molecule has 0 aromatic heterocycles. The number of nitrogens with two attached hydrogens (primary N) is 1. The van der Waals surface area contributed by atoms with E-state index in [1.54, 1.807) is 0 Å². The Morgan fingerprint density at radius 2 is 2.18 bits per heavy atom. The minimum Gasteiger partial charge on any atom is -0.361 e. The molecule has 1 heterocycles. The maximum Gasteiger partial charge on any atom is 0.236 e. The van der Waals surface area contributed by atoms with Gasteiger partial charge in [-0.15, -0.1) is 0 Å². The van der Waals surface area contributed by atoms with Gasteiger partial charge >= 0.3 is 0 Å². The zero-order valence-electron chi connectivity index (χ0n) is 5.86. The number of halogens is 1. The quantitative estimate of drug-likeness (QED) is 0.609. The SMILES string of the molecule is NS(=O)(=O)C1CC(F)CCO1. The van der Waals surface area contributed by atoms with E-state index in [-0.39, 0.29) is 19.4 Å². The summed E-state index contributed by atoms with van der Waals surface area (Å²) < 4.78 is 38.6. The maximum absolute atomic E-state index is 12.6. The summed E-state index contributed by atoms with van der Waals surface area (Å²) in [5, 5.41) is 4.75. The van der Waals surface area contributed by atoms with Crippen molar-refractivity contribution in [2.45, 2.75) is 24.4 Å². The van der Waals surface area contributed by atoms with Gasteiger partial charge in [-0.05, 0) is 0 Å². The highest BCUT2D eigenvalue weighted by atomic mass is 32.2. The molecule has 2 N–H and O–H groups in total. The van der Waals surface area contributed by atoms with Crippen LogP contribution in [0.2, 0.25) is 0 Å². The Balaban J connectivity index is 2.60. The van der Waals surface area contributed by atoms with Crippen molar-refractivity contribution in [3.63, 3.8) is 0 Å². The summed E-state index contributed by atoms with van der Waals surface area (Å²) in [7, 11) is -3.72. The van der Waals surface area contributed by atoms with Gasteiger partial charge in [0.15, 0.2) is 5.44 Å². The lowest BCUT2D eigenvalue weighted by molar-refractivity contribution is 0.0256. The highest BCUT2D eigenvalue weighted by Crippen LogP contribution is 2.18. The molecule has 1 fully saturated rings. The number of sulfonamides is 1. The number of hydrogen-bond acceptors (Lipinski definition) is 3. The van der Waals surface area contributed by atoms with Crippen LogP contribution in [-0.4, -0.2) is 26.6 Å². The van der Waals surface area contributed by atoms with E-state index in [0.29, 0.717) is 0 Å². The smallest absolute Gasteiger partial charge is 0.236 e. The average Bonchev–Trinajstić information content (AvgIpc) is 1.86. The van der Waals surface area contributed by atoms with E-state index in [0.717, 1.165) is 0 Å². The Bertz CT molecular complexity index is 228. The molecular formula is C5H10FNO3S. The van der Waals surface area contributed by atoms with Crippen LogP contribution in [0.5, 0.6) is 0 Å². The fourth-order valence-corrected chi connectivity index (χ4v) is 1.71. The molecule has 0 amide bonds. The van der Waals surface area contributed by atoms with Gasteiger partial charge in [-0.25, -0.2) is 17.9 Å². The summed E-state index contributed by atoms with van der Waals surface area (Å²) in [4.78, 5) is 0. The molecule has 0 aromatic rings. The molecule has 2 atom stereocenters. The summed E-state index contributed by atoms with van der Waals surface area (Å²) in [6.45, 7) is 0.127. The molecule has 0 aliphatic carbocycles. The Morgan fingerprint density at radius 3 is 2.55 bits per heavy atom. The third-order valence-electron chi connectivity index (χ3n) is 1.55. The van der Waals surface area contributed by atoms with Gasteiger partial charge in [-0.2, -0.15) is 0 Å². The molecule has 1 saturated heterocycles. The second kappa shape index (κ2) is 3.04. The van der Waals surface area contributed by atoms with E-state index in [2.05, 4.69) is 0 Å². The average molecular weight is 183 g/mol. The molecule has 1 aliphatic heterocycles. The van der Waals surface area contributed by atoms with Crippen LogP contribution in [-0.2, 0) is 14.8 Å². The van der Waals surface area contributed by atoms with E-state index in [9.17, 15) is 12.8 Å². The Hall–Kier alpha value is -0.200. The zero-order valence-corrected chi connectivity index (χ0v) is 6.68. The highest BCUT2D eigenvalue weighted by Gasteiger charge is 2.29. The summed E-state index contributed by atoms with van der Waals surface area (Å²) in [6.07, 6.45) is -0.989. The first-order valence-corrected chi connectivity index (χ1v) is 4.88. The zero-order chi connectivity index (χ0) is 8.48. The van der Waals surface area contributed by atoms with E-state index in [1.165, 1.54) is 0 Å². The Morgan fingerprint density at radius 1 is 1.55 bits per heavy atom. The number of rotatable bonds is 1. The summed E-state index contributed by atoms with van der Waals surface area (Å²) in [5.74, 6) is 0. The van der Waals surface area contributed by atoms with Gasteiger partial charge < -0.3 is 4.74 Å². The first-order valence-electron chi connectivity index (χ1n) is 3.27. The molecule has 0 spiro atoms. The molecule has 4 nitrogen and oxygen atoms in total. The van der Waals surface area contributed by atoms with Crippen molar-refractivity contribution in [2.24, 2.45) is 5.14 Å². The lowest BCUT2D eigenvalue weighted by Crippen LogP contribution is -2.37. The molecule has 0 bridgehead atoms. The molecule has 2 unspecified atom stereocenters. The lowest BCUT2D eigenvalue weighted by atomic mass is 10.2. The third-order valence-corrected chi connectivity index (χ3v) is 2.61. The molecule has 1 aliphatic rings. The molecule has 0 radical (unpaired) electrons. The number of hydrogen-bond donors (Lipinski definition) is 1. The molecule has 1 rings (SSSR count). The van der Waals surface area contributed by atoms with Gasteiger partial charge in [0, 0.05) is 12.8 Å².